The van der Waals surface area contributed by atoms with Crippen LogP contribution in [0.15, 0.2) is 59.0 Å². The van der Waals surface area contributed by atoms with E-state index in [1.54, 1.807) is 24.3 Å². The number of nitrogens with one attached hydrogen (secondary N) is 1. The molecule has 0 fully saturated rings. The lowest BCUT2D eigenvalue weighted by atomic mass is 10.3. The van der Waals surface area contributed by atoms with Gasteiger partial charge in [0.1, 0.15) is 36.6 Å². The number of benzene rings is 2. The average Bonchev–Trinajstić information content (AvgIpc) is 3.29. The Hall–Kier alpha value is -3.72. The molecule has 3 aromatic rings. The number of hydrogen-bond donors (Lipinski definition) is 2. The zero-order chi connectivity index (χ0) is 22.9. The molecule has 1 atom stereocenters. The molecule has 1 amide bonds. The first-order valence-corrected chi connectivity index (χ1v) is 9.77. The fourth-order valence-electron chi connectivity index (χ4n) is 2.76. The topological polar surface area (TPSA) is 99.4 Å². The van der Waals surface area contributed by atoms with E-state index in [-0.39, 0.29) is 31.3 Å². The van der Waals surface area contributed by atoms with Crippen LogP contribution >= 0.6 is 0 Å². The third kappa shape index (κ3) is 6.14. The van der Waals surface area contributed by atoms with Crippen LogP contribution in [0, 0.1) is 5.82 Å². The fourth-order valence-corrected chi connectivity index (χ4v) is 2.76. The first-order valence-electron chi connectivity index (χ1n) is 9.77. The van der Waals surface area contributed by atoms with Gasteiger partial charge in [0, 0.05) is 6.54 Å². The molecule has 0 saturated heterocycles. The van der Waals surface area contributed by atoms with Crippen molar-refractivity contribution in [2.24, 2.45) is 0 Å². The van der Waals surface area contributed by atoms with Gasteiger partial charge in [-0.25, -0.2) is 4.39 Å². The minimum Gasteiger partial charge on any atom is -0.493 e. The summed E-state index contributed by atoms with van der Waals surface area (Å²) in [6.07, 6.45) is -0.982. The third-order valence-electron chi connectivity index (χ3n) is 4.38. The van der Waals surface area contributed by atoms with E-state index in [0.717, 1.165) is 0 Å². The molecule has 0 saturated carbocycles. The van der Waals surface area contributed by atoms with Crippen molar-refractivity contribution < 1.29 is 37.7 Å². The highest BCUT2D eigenvalue weighted by molar-refractivity contribution is 5.91. The van der Waals surface area contributed by atoms with E-state index >= 15 is 0 Å². The van der Waals surface area contributed by atoms with Crippen molar-refractivity contribution in [2.45, 2.75) is 12.7 Å². The summed E-state index contributed by atoms with van der Waals surface area (Å²) in [7, 11) is 3.00. The van der Waals surface area contributed by atoms with Crippen molar-refractivity contribution in [3.05, 3.63) is 71.9 Å². The highest BCUT2D eigenvalue weighted by Crippen LogP contribution is 2.36. The number of halogens is 1. The molecule has 0 radical (unpaired) electrons. The lowest BCUT2D eigenvalue weighted by Gasteiger charge is -2.16. The summed E-state index contributed by atoms with van der Waals surface area (Å²) in [5, 5.41) is 12.7. The molecule has 32 heavy (non-hydrogen) atoms. The SMILES string of the molecule is COc1cccc(OC)c1OCC(O)CNC(=O)c1ccc(COc2ccc(F)cc2)o1. The van der Waals surface area contributed by atoms with Crippen LogP contribution < -0.4 is 24.3 Å². The summed E-state index contributed by atoms with van der Waals surface area (Å²) >= 11 is 0. The molecule has 0 spiro atoms. The molecule has 2 N–H and O–H groups in total. The standard InChI is InChI=1S/C23H24FNO7/c1-28-19-4-3-5-20(29-2)22(19)31-13-16(26)12-25-23(27)21-11-10-18(32-21)14-30-17-8-6-15(24)7-9-17/h3-11,16,26H,12-14H2,1-2H3,(H,25,27). The van der Waals surface area contributed by atoms with E-state index in [2.05, 4.69) is 5.32 Å². The van der Waals surface area contributed by atoms with Gasteiger partial charge in [-0.15, -0.1) is 0 Å². The highest BCUT2D eigenvalue weighted by Gasteiger charge is 2.16. The maximum Gasteiger partial charge on any atom is 0.287 e. The lowest BCUT2D eigenvalue weighted by molar-refractivity contribution is 0.0810. The van der Waals surface area contributed by atoms with E-state index in [4.69, 9.17) is 23.4 Å². The quantitative estimate of drug-likeness (QED) is 0.468. The van der Waals surface area contributed by atoms with Crippen molar-refractivity contribution in [3.8, 4) is 23.0 Å². The van der Waals surface area contributed by atoms with Crippen molar-refractivity contribution >= 4 is 5.91 Å². The van der Waals surface area contributed by atoms with Crippen molar-refractivity contribution in [1.82, 2.24) is 5.32 Å². The second kappa shape index (κ2) is 11.1. The number of aliphatic hydroxyl groups excluding tert-OH is 1. The third-order valence-corrected chi connectivity index (χ3v) is 4.38. The predicted molar refractivity (Wildman–Crippen MR) is 113 cm³/mol. The van der Waals surface area contributed by atoms with Crippen molar-refractivity contribution in [1.29, 1.82) is 0 Å². The summed E-state index contributed by atoms with van der Waals surface area (Å²) in [5.41, 5.74) is 0. The molecule has 0 aliphatic heterocycles. The minimum atomic E-state index is -0.982. The van der Waals surface area contributed by atoms with Gasteiger partial charge in [0.2, 0.25) is 5.75 Å². The molecule has 170 valence electrons. The Morgan fingerprint density at radius 2 is 1.72 bits per heavy atom. The van der Waals surface area contributed by atoms with Gasteiger partial charge in [-0.3, -0.25) is 4.79 Å². The van der Waals surface area contributed by atoms with Gasteiger partial charge in [-0.1, -0.05) is 6.07 Å². The molecule has 8 nitrogen and oxygen atoms in total. The van der Waals surface area contributed by atoms with Gasteiger partial charge in [0.15, 0.2) is 17.3 Å². The van der Waals surface area contributed by atoms with Crippen LogP contribution in [0.4, 0.5) is 4.39 Å². The Morgan fingerprint density at radius 1 is 1.03 bits per heavy atom. The maximum absolute atomic E-state index is 12.9. The molecule has 9 heteroatoms. The molecule has 1 heterocycles. The monoisotopic (exact) mass is 445 g/mol. The molecule has 3 rings (SSSR count). The van der Waals surface area contributed by atoms with E-state index in [1.807, 2.05) is 0 Å². The Labute approximate surface area is 184 Å². The van der Waals surface area contributed by atoms with Crippen molar-refractivity contribution in [2.75, 3.05) is 27.4 Å². The molecular weight excluding hydrogens is 421 g/mol. The van der Waals surface area contributed by atoms with Gasteiger partial charge < -0.3 is 33.8 Å². The number of amides is 1. The van der Waals surface area contributed by atoms with E-state index in [1.165, 1.54) is 44.6 Å². The molecule has 0 bridgehead atoms. The lowest BCUT2D eigenvalue weighted by Crippen LogP contribution is -2.35. The molecule has 0 aliphatic carbocycles. The highest BCUT2D eigenvalue weighted by atomic mass is 19.1. The molecule has 0 aliphatic rings. The second-order valence-electron chi connectivity index (χ2n) is 6.68. The van der Waals surface area contributed by atoms with Gasteiger partial charge in [-0.05, 0) is 48.5 Å². The number of aliphatic hydroxyl groups is 1. The zero-order valence-corrected chi connectivity index (χ0v) is 17.7. The summed E-state index contributed by atoms with van der Waals surface area (Å²) < 4.78 is 39.9. The second-order valence-corrected chi connectivity index (χ2v) is 6.68. The number of hydrogen-bond acceptors (Lipinski definition) is 7. The number of para-hydroxylation sites is 1. The number of ether oxygens (including phenoxy) is 4. The van der Waals surface area contributed by atoms with Crippen LogP contribution in [0.2, 0.25) is 0 Å². The minimum absolute atomic E-state index is 0.0571. The zero-order valence-electron chi connectivity index (χ0n) is 17.7. The van der Waals surface area contributed by atoms with Gasteiger partial charge in [0.25, 0.3) is 5.91 Å². The molecular formula is C23H24FNO7. The van der Waals surface area contributed by atoms with Crippen LogP contribution in [0.3, 0.4) is 0 Å². The van der Waals surface area contributed by atoms with E-state index in [0.29, 0.717) is 28.8 Å². The Balaban J connectivity index is 1.46. The van der Waals surface area contributed by atoms with Crippen LogP contribution in [-0.4, -0.2) is 44.5 Å². The average molecular weight is 445 g/mol. The summed E-state index contributed by atoms with van der Waals surface area (Å²) in [6, 6.07) is 13.8. The van der Waals surface area contributed by atoms with E-state index in [9.17, 15) is 14.3 Å². The Kier molecular flexibility index (Phi) is 7.93. The summed E-state index contributed by atoms with van der Waals surface area (Å²) in [6.45, 7) is -0.0690. The molecule has 2 aromatic carbocycles. The fraction of sp³-hybridized carbons (Fsp3) is 0.261. The van der Waals surface area contributed by atoms with Gasteiger partial charge in [0.05, 0.1) is 14.2 Å². The number of furan rings is 1. The smallest absolute Gasteiger partial charge is 0.287 e. The Bertz CT molecular complexity index is 997. The summed E-state index contributed by atoms with van der Waals surface area (Å²) in [4.78, 5) is 12.3. The van der Waals surface area contributed by atoms with Crippen LogP contribution in [-0.2, 0) is 6.61 Å². The van der Waals surface area contributed by atoms with E-state index < -0.39 is 12.0 Å². The largest absolute Gasteiger partial charge is 0.493 e. The maximum atomic E-state index is 12.9. The molecule has 1 aromatic heterocycles. The summed E-state index contributed by atoms with van der Waals surface area (Å²) in [5.74, 6) is 1.41. The first kappa shape index (κ1) is 23.0. The Morgan fingerprint density at radius 3 is 2.38 bits per heavy atom. The first-order chi connectivity index (χ1) is 15.5. The number of carbonyl (C=O) groups excluding carboxylic acids is 1. The number of carbonyl (C=O) groups is 1. The van der Waals surface area contributed by atoms with Crippen LogP contribution in [0.25, 0.3) is 0 Å². The van der Waals surface area contributed by atoms with Crippen molar-refractivity contribution in [3.63, 3.8) is 0 Å². The molecule has 1 unspecified atom stereocenters. The van der Waals surface area contributed by atoms with Crippen LogP contribution in [0.1, 0.15) is 16.3 Å². The van der Waals surface area contributed by atoms with Crippen LogP contribution in [0.5, 0.6) is 23.0 Å². The van der Waals surface area contributed by atoms with Gasteiger partial charge >= 0.3 is 0 Å². The predicted octanol–water partition coefficient (Wildman–Crippen LogP) is 3.18. The number of methoxy groups -OCH3 is 2. The normalized spacial score (nSPS) is 11.5. The van der Waals surface area contributed by atoms with Gasteiger partial charge in [-0.2, -0.15) is 0 Å². The number of rotatable bonds is 11.